The Labute approximate surface area is 60.4 Å². The summed E-state index contributed by atoms with van der Waals surface area (Å²) in [6.45, 7) is 0. The van der Waals surface area contributed by atoms with Crippen molar-refractivity contribution in [2.75, 3.05) is 12.9 Å². The minimum Gasteiger partial charge on any atom is -0.377 e. The molecule has 0 atom stereocenters. The molecule has 1 fully saturated rings. The highest BCUT2D eigenvalue weighted by Crippen LogP contribution is 2.39. The number of methoxy groups -OCH3 is 1. The molecule has 1 saturated carbocycles. The van der Waals surface area contributed by atoms with Gasteiger partial charge in [-0.25, -0.2) is 13.6 Å². The molecule has 0 amide bonds. The predicted molar refractivity (Wildman–Crippen MR) is 36.9 cm³/mol. The van der Waals surface area contributed by atoms with E-state index < -0.39 is 15.6 Å². The molecule has 0 aromatic heterocycles. The predicted octanol–water partition coefficient (Wildman–Crippen LogP) is -0.546. The Bertz CT molecular complexity index is 217. The van der Waals surface area contributed by atoms with Crippen molar-refractivity contribution in [3.63, 3.8) is 0 Å². The summed E-state index contributed by atoms with van der Waals surface area (Å²) in [4.78, 5) is 0. The first-order valence-electron chi connectivity index (χ1n) is 3.03. The second-order valence-corrected chi connectivity index (χ2v) is 4.31. The van der Waals surface area contributed by atoms with Gasteiger partial charge in [-0.3, -0.25) is 0 Å². The molecule has 10 heavy (non-hydrogen) atoms. The Morgan fingerprint density at radius 2 is 2.10 bits per heavy atom. The fourth-order valence-corrected chi connectivity index (χ4v) is 2.05. The van der Waals surface area contributed by atoms with Crippen LogP contribution in [0.5, 0.6) is 0 Å². The first-order chi connectivity index (χ1) is 4.47. The molecule has 0 aromatic rings. The van der Waals surface area contributed by atoms with Gasteiger partial charge in [-0.1, -0.05) is 0 Å². The topological polar surface area (TPSA) is 69.4 Å². The van der Waals surface area contributed by atoms with E-state index in [9.17, 15) is 8.42 Å². The number of hydrogen-bond donors (Lipinski definition) is 1. The molecule has 5 heteroatoms. The van der Waals surface area contributed by atoms with Crippen molar-refractivity contribution in [3.05, 3.63) is 0 Å². The van der Waals surface area contributed by atoms with Crippen molar-refractivity contribution in [1.29, 1.82) is 0 Å². The van der Waals surface area contributed by atoms with E-state index in [2.05, 4.69) is 0 Å². The number of ether oxygens (including phenoxy) is 1. The van der Waals surface area contributed by atoms with Gasteiger partial charge in [0.15, 0.2) is 0 Å². The van der Waals surface area contributed by atoms with Gasteiger partial charge >= 0.3 is 0 Å². The van der Waals surface area contributed by atoms with Gasteiger partial charge in [0.2, 0.25) is 10.0 Å². The Hall–Kier alpha value is -0.130. The third-order valence-corrected chi connectivity index (χ3v) is 2.63. The van der Waals surface area contributed by atoms with Crippen molar-refractivity contribution < 1.29 is 13.2 Å². The van der Waals surface area contributed by atoms with Crippen LogP contribution in [-0.4, -0.2) is 26.9 Å². The van der Waals surface area contributed by atoms with Crippen molar-refractivity contribution in [3.8, 4) is 0 Å². The minimum absolute atomic E-state index is 0.0451. The zero-order chi connectivity index (χ0) is 7.83. The molecule has 1 aliphatic carbocycles. The molecule has 0 spiro atoms. The summed E-state index contributed by atoms with van der Waals surface area (Å²) in [7, 11) is -1.84. The fraction of sp³-hybridized carbons (Fsp3) is 1.00. The summed E-state index contributed by atoms with van der Waals surface area (Å²) in [6, 6.07) is 0. The molecule has 1 aliphatic rings. The second kappa shape index (κ2) is 2.18. The largest absolute Gasteiger partial charge is 0.377 e. The standard InChI is InChI=1S/C5H11NO3S/c1-9-5(2-3-5)4-10(6,7)8/h2-4H2,1H3,(H2,6,7,8). The fourth-order valence-electron chi connectivity index (χ4n) is 0.913. The third-order valence-electron chi connectivity index (χ3n) is 1.70. The van der Waals surface area contributed by atoms with E-state index in [0.29, 0.717) is 0 Å². The number of hydrogen-bond acceptors (Lipinski definition) is 3. The lowest BCUT2D eigenvalue weighted by Gasteiger charge is -2.09. The van der Waals surface area contributed by atoms with Crippen LogP contribution >= 0.6 is 0 Å². The van der Waals surface area contributed by atoms with Crippen LogP contribution < -0.4 is 5.14 Å². The van der Waals surface area contributed by atoms with Gasteiger partial charge in [-0.2, -0.15) is 0 Å². The Morgan fingerprint density at radius 3 is 2.20 bits per heavy atom. The molecule has 0 heterocycles. The van der Waals surface area contributed by atoms with E-state index in [1.54, 1.807) is 0 Å². The van der Waals surface area contributed by atoms with Crippen molar-refractivity contribution in [2.24, 2.45) is 5.14 Å². The van der Waals surface area contributed by atoms with E-state index >= 15 is 0 Å². The highest BCUT2D eigenvalue weighted by molar-refractivity contribution is 7.89. The Morgan fingerprint density at radius 1 is 1.60 bits per heavy atom. The lowest BCUT2D eigenvalue weighted by Crippen LogP contribution is -2.29. The number of rotatable bonds is 3. The zero-order valence-electron chi connectivity index (χ0n) is 5.83. The molecule has 0 bridgehead atoms. The van der Waals surface area contributed by atoms with Gasteiger partial charge in [-0.05, 0) is 12.8 Å². The molecular weight excluding hydrogens is 154 g/mol. The average molecular weight is 165 g/mol. The smallest absolute Gasteiger partial charge is 0.211 e. The van der Waals surface area contributed by atoms with E-state index in [0.717, 1.165) is 12.8 Å². The molecular formula is C5H11NO3S. The van der Waals surface area contributed by atoms with E-state index in [1.165, 1.54) is 7.11 Å². The maximum atomic E-state index is 10.5. The number of sulfonamides is 1. The monoisotopic (exact) mass is 165 g/mol. The highest BCUT2D eigenvalue weighted by Gasteiger charge is 2.45. The van der Waals surface area contributed by atoms with Gasteiger partial charge in [0.1, 0.15) is 0 Å². The van der Waals surface area contributed by atoms with Gasteiger partial charge in [-0.15, -0.1) is 0 Å². The molecule has 2 N–H and O–H groups in total. The molecule has 0 aliphatic heterocycles. The summed E-state index contributed by atoms with van der Waals surface area (Å²) < 4.78 is 26.1. The van der Waals surface area contributed by atoms with E-state index in [4.69, 9.17) is 9.88 Å². The lowest BCUT2D eigenvalue weighted by atomic mass is 10.4. The van der Waals surface area contributed by atoms with Crippen LogP contribution in [0.4, 0.5) is 0 Å². The summed E-state index contributed by atoms with van der Waals surface area (Å²) in [5, 5.41) is 4.83. The van der Waals surface area contributed by atoms with Crippen LogP contribution in [-0.2, 0) is 14.8 Å². The second-order valence-electron chi connectivity index (χ2n) is 2.69. The molecule has 0 saturated heterocycles. The van der Waals surface area contributed by atoms with Crippen molar-refractivity contribution in [2.45, 2.75) is 18.4 Å². The maximum absolute atomic E-state index is 10.5. The highest BCUT2D eigenvalue weighted by atomic mass is 32.2. The minimum atomic E-state index is -3.36. The zero-order valence-corrected chi connectivity index (χ0v) is 6.65. The number of nitrogens with two attached hydrogens (primary N) is 1. The molecule has 0 unspecified atom stereocenters. The summed E-state index contributed by atoms with van der Waals surface area (Å²) >= 11 is 0. The molecule has 4 nitrogen and oxygen atoms in total. The molecule has 1 rings (SSSR count). The van der Waals surface area contributed by atoms with E-state index in [1.807, 2.05) is 0 Å². The third kappa shape index (κ3) is 1.93. The summed E-state index contributed by atoms with van der Waals surface area (Å²) in [6.07, 6.45) is 1.61. The molecule has 0 aromatic carbocycles. The van der Waals surface area contributed by atoms with Crippen LogP contribution in [0.2, 0.25) is 0 Å². The lowest BCUT2D eigenvalue weighted by molar-refractivity contribution is 0.0994. The van der Waals surface area contributed by atoms with Crippen molar-refractivity contribution in [1.82, 2.24) is 0 Å². The Kier molecular flexibility index (Phi) is 1.74. The van der Waals surface area contributed by atoms with Crippen molar-refractivity contribution >= 4 is 10.0 Å². The van der Waals surface area contributed by atoms with Gasteiger partial charge in [0.25, 0.3) is 0 Å². The molecule has 60 valence electrons. The van der Waals surface area contributed by atoms with Gasteiger partial charge in [0.05, 0.1) is 11.4 Å². The summed E-state index contributed by atoms with van der Waals surface area (Å²) in [5.41, 5.74) is -0.437. The number of primary sulfonamides is 1. The van der Waals surface area contributed by atoms with Gasteiger partial charge < -0.3 is 4.74 Å². The summed E-state index contributed by atoms with van der Waals surface area (Å²) in [5.74, 6) is -0.0451. The maximum Gasteiger partial charge on any atom is 0.211 e. The van der Waals surface area contributed by atoms with Crippen LogP contribution in [0, 0.1) is 0 Å². The SMILES string of the molecule is COC1(CS(N)(=O)=O)CC1. The van der Waals surface area contributed by atoms with Gasteiger partial charge in [0, 0.05) is 7.11 Å². The van der Waals surface area contributed by atoms with Crippen LogP contribution in [0.1, 0.15) is 12.8 Å². The van der Waals surface area contributed by atoms with Crippen LogP contribution in [0.15, 0.2) is 0 Å². The Balaban J connectivity index is 2.54. The quantitative estimate of drug-likeness (QED) is 0.610. The average Bonchev–Trinajstić information content (AvgIpc) is 2.45. The molecule has 0 radical (unpaired) electrons. The normalized spacial score (nSPS) is 22.6. The first-order valence-corrected chi connectivity index (χ1v) is 4.75. The first kappa shape index (κ1) is 7.97. The van der Waals surface area contributed by atoms with Crippen LogP contribution in [0.3, 0.4) is 0 Å². The van der Waals surface area contributed by atoms with Crippen LogP contribution in [0.25, 0.3) is 0 Å². The van der Waals surface area contributed by atoms with E-state index in [-0.39, 0.29) is 5.75 Å².